The number of halogens is 2. The smallest absolute Gasteiger partial charge is 0.328 e. The summed E-state index contributed by atoms with van der Waals surface area (Å²) < 4.78 is 2.76. The van der Waals surface area contributed by atoms with E-state index in [0.717, 1.165) is 10.2 Å². The summed E-state index contributed by atoms with van der Waals surface area (Å²) in [5.74, 6) is -1.56. The van der Waals surface area contributed by atoms with E-state index in [-0.39, 0.29) is 5.69 Å². The van der Waals surface area contributed by atoms with E-state index in [4.69, 9.17) is 28.3 Å². The van der Waals surface area contributed by atoms with Gasteiger partial charge in [-0.25, -0.2) is 9.48 Å². The number of carbonyl (C=O) groups excluding carboxylic acids is 1. The van der Waals surface area contributed by atoms with Gasteiger partial charge in [-0.05, 0) is 30.7 Å². The molecule has 1 atom stereocenters. The molecule has 0 aliphatic heterocycles. The lowest BCUT2D eigenvalue weighted by Gasteiger charge is -2.11. The summed E-state index contributed by atoms with van der Waals surface area (Å²) in [5.41, 5.74) is 1.43. The van der Waals surface area contributed by atoms with Crippen LogP contribution < -0.4 is 5.32 Å². The van der Waals surface area contributed by atoms with Gasteiger partial charge in [0, 0.05) is 22.4 Å². The standard InChI is InChI=1S/C17H15Cl2N5O3/c1-10(17(26)27)24-15(4-5-20-24)16(25)22-13-7-21-23(9-13)8-11-2-3-12(18)6-14(11)19/h2-7,9-10H,8H2,1H3,(H,22,25)(H,26,27). The van der Waals surface area contributed by atoms with Gasteiger partial charge in [-0.2, -0.15) is 10.2 Å². The molecular weight excluding hydrogens is 393 g/mol. The molecular formula is C17H15Cl2N5O3. The number of amides is 1. The molecule has 0 saturated carbocycles. The molecule has 2 aromatic heterocycles. The predicted octanol–water partition coefficient (Wildman–Crippen LogP) is 3.33. The highest BCUT2D eigenvalue weighted by Crippen LogP contribution is 2.22. The van der Waals surface area contributed by atoms with Gasteiger partial charge in [0.2, 0.25) is 0 Å². The zero-order valence-electron chi connectivity index (χ0n) is 14.1. The summed E-state index contributed by atoms with van der Waals surface area (Å²) >= 11 is 12.0. The molecule has 0 spiro atoms. The van der Waals surface area contributed by atoms with Gasteiger partial charge in [0.25, 0.3) is 5.91 Å². The number of nitrogens with one attached hydrogen (secondary N) is 1. The molecule has 2 N–H and O–H groups in total. The van der Waals surface area contributed by atoms with Crippen molar-refractivity contribution in [3.8, 4) is 0 Å². The first-order valence-electron chi connectivity index (χ1n) is 7.89. The van der Waals surface area contributed by atoms with Crippen LogP contribution in [0.4, 0.5) is 5.69 Å². The quantitative estimate of drug-likeness (QED) is 0.652. The molecule has 27 heavy (non-hydrogen) atoms. The topological polar surface area (TPSA) is 102 Å². The maximum atomic E-state index is 12.4. The Labute approximate surface area is 164 Å². The fourth-order valence-electron chi connectivity index (χ4n) is 2.44. The second-order valence-electron chi connectivity index (χ2n) is 5.79. The van der Waals surface area contributed by atoms with Crippen LogP contribution in [0.25, 0.3) is 0 Å². The first kappa shape index (κ1) is 18.9. The lowest BCUT2D eigenvalue weighted by atomic mass is 10.2. The molecule has 0 bridgehead atoms. The maximum absolute atomic E-state index is 12.4. The van der Waals surface area contributed by atoms with Crippen LogP contribution in [0, 0.1) is 0 Å². The van der Waals surface area contributed by atoms with Crippen molar-refractivity contribution in [3.05, 3.63) is 64.2 Å². The molecule has 2 heterocycles. The molecule has 10 heteroatoms. The number of rotatable bonds is 6. The number of anilines is 1. The van der Waals surface area contributed by atoms with Crippen LogP contribution in [0.15, 0.2) is 42.9 Å². The minimum absolute atomic E-state index is 0.137. The third-order valence-electron chi connectivity index (χ3n) is 3.87. The number of nitrogens with zero attached hydrogens (tertiary/aromatic N) is 4. The number of carboxylic acids is 1. The summed E-state index contributed by atoms with van der Waals surface area (Å²) in [6.07, 6.45) is 4.51. The van der Waals surface area contributed by atoms with Gasteiger partial charge in [-0.3, -0.25) is 9.48 Å². The molecule has 1 aromatic carbocycles. The van der Waals surface area contributed by atoms with Crippen LogP contribution in [0.2, 0.25) is 10.0 Å². The maximum Gasteiger partial charge on any atom is 0.328 e. The molecule has 1 amide bonds. The average Bonchev–Trinajstić information content (AvgIpc) is 3.26. The zero-order chi connectivity index (χ0) is 19.6. The van der Waals surface area contributed by atoms with E-state index in [1.54, 1.807) is 29.1 Å². The number of aliphatic carboxylic acids is 1. The van der Waals surface area contributed by atoms with E-state index in [0.29, 0.717) is 22.3 Å². The first-order valence-corrected chi connectivity index (χ1v) is 8.65. The molecule has 0 fully saturated rings. The van der Waals surface area contributed by atoms with E-state index in [9.17, 15) is 9.59 Å². The fraction of sp³-hybridized carbons (Fsp3) is 0.176. The van der Waals surface area contributed by atoms with Gasteiger partial charge < -0.3 is 10.4 Å². The molecule has 8 nitrogen and oxygen atoms in total. The molecule has 140 valence electrons. The summed E-state index contributed by atoms with van der Waals surface area (Å²) in [5, 5.41) is 21.0. The van der Waals surface area contributed by atoms with E-state index in [1.807, 2.05) is 0 Å². The van der Waals surface area contributed by atoms with Crippen LogP contribution in [0.5, 0.6) is 0 Å². The van der Waals surface area contributed by atoms with Gasteiger partial charge in [-0.15, -0.1) is 0 Å². The zero-order valence-corrected chi connectivity index (χ0v) is 15.6. The number of carbonyl (C=O) groups is 2. The summed E-state index contributed by atoms with van der Waals surface area (Å²) in [6, 6.07) is 5.67. The van der Waals surface area contributed by atoms with Crippen molar-refractivity contribution in [2.75, 3.05) is 5.32 Å². The Morgan fingerprint density at radius 1 is 1.26 bits per heavy atom. The van der Waals surface area contributed by atoms with Crippen molar-refractivity contribution in [2.24, 2.45) is 0 Å². The average molecular weight is 408 g/mol. The van der Waals surface area contributed by atoms with Gasteiger partial charge in [0.1, 0.15) is 11.7 Å². The van der Waals surface area contributed by atoms with Crippen LogP contribution in [-0.2, 0) is 11.3 Å². The minimum Gasteiger partial charge on any atom is -0.480 e. The normalized spacial score (nSPS) is 12.0. The van der Waals surface area contributed by atoms with Crippen LogP contribution in [0.3, 0.4) is 0 Å². The van der Waals surface area contributed by atoms with E-state index in [1.165, 1.54) is 25.4 Å². The number of aromatic nitrogens is 4. The number of benzene rings is 1. The molecule has 0 radical (unpaired) electrons. The highest BCUT2D eigenvalue weighted by atomic mass is 35.5. The summed E-state index contributed by atoms with van der Waals surface area (Å²) in [6.45, 7) is 1.85. The van der Waals surface area contributed by atoms with E-state index < -0.39 is 17.9 Å². The predicted molar refractivity (Wildman–Crippen MR) is 100 cm³/mol. The largest absolute Gasteiger partial charge is 0.480 e. The Kier molecular flexibility index (Phi) is 5.48. The minimum atomic E-state index is -1.08. The number of hydrogen-bond donors (Lipinski definition) is 2. The Balaban J connectivity index is 1.72. The molecule has 3 aromatic rings. The molecule has 3 rings (SSSR count). The third kappa shape index (κ3) is 4.29. The number of hydrogen-bond acceptors (Lipinski definition) is 4. The molecule has 0 aliphatic rings. The van der Waals surface area contributed by atoms with Crippen molar-refractivity contribution in [3.63, 3.8) is 0 Å². The van der Waals surface area contributed by atoms with Gasteiger partial charge >= 0.3 is 5.97 Å². The van der Waals surface area contributed by atoms with Crippen molar-refractivity contribution < 1.29 is 14.7 Å². The van der Waals surface area contributed by atoms with Crippen LogP contribution in [-0.4, -0.2) is 36.5 Å². The van der Waals surface area contributed by atoms with Crippen LogP contribution in [0.1, 0.15) is 29.0 Å². The second kappa shape index (κ2) is 7.81. The summed E-state index contributed by atoms with van der Waals surface area (Å²) in [4.78, 5) is 23.6. The van der Waals surface area contributed by atoms with Gasteiger partial charge in [0.15, 0.2) is 0 Å². The highest BCUT2D eigenvalue weighted by molar-refractivity contribution is 6.35. The molecule has 0 aliphatic carbocycles. The Hall–Kier alpha value is -2.84. The summed E-state index contributed by atoms with van der Waals surface area (Å²) in [7, 11) is 0. The Bertz CT molecular complexity index is 998. The fourth-order valence-corrected chi connectivity index (χ4v) is 2.91. The van der Waals surface area contributed by atoms with Crippen LogP contribution >= 0.6 is 23.2 Å². The van der Waals surface area contributed by atoms with E-state index in [2.05, 4.69) is 15.5 Å². The van der Waals surface area contributed by atoms with Gasteiger partial charge in [0.05, 0.1) is 18.4 Å². The number of carboxylic acid groups (broad SMARTS) is 1. The Morgan fingerprint density at radius 2 is 2.04 bits per heavy atom. The second-order valence-corrected chi connectivity index (χ2v) is 6.64. The van der Waals surface area contributed by atoms with Crippen molar-refractivity contribution >= 4 is 40.8 Å². The van der Waals surface area contributed by atoms with Crippen molar-refractivity contribution in [1.29, 1.82) is 0 Å². The highest BCUT2D eigenvalue weighted by Gasteiger charge is 2.21. The lowest BCUT2D eigenvalue weighted by molar-refractivity contribution is -0.140. The Morgan fingerprint density at radius 3 is 2.74 bits per heavy atom. The van der Waals surface area contributed by atoms with Crippen molar-refractivity contribution in [2.45, 2.75) is 19.5 Å². The lowest BCUT2D eigenvalue weighted by Crippen LogP contribution is -2.24. The first-order chi connectivity index (χ1) is 12.8. The third-order valence-corrected chi connectivity index (χ3v) is 4.45. The monoisotopic (exact) mass is 407 g/mol. The molecule has 1 unspecified atom stereocenters. The van der Waals surface area contributed by atoms with Crippen molar-refractivity contribution in [1.82, 2.24) is 19.6 Å². The SMILES string of the molecule is CC(C(=O)O)n1nccc1C(=O)Nc1cnn(Cc2ccc(Cl)cc2Cl)c1. The van der Waals surface area contributed by atoms with Gasteiger partial charge in [-0.1, -0.05) is 29.3 Å². The van der Waals surface area contributed by atoms with E-state index >= 15 is 0 Å². The molecule has 0 saturated heterocycles.